The summed E-state index contributed by atoms with van der Waals surface area (Å²) in [5, 5.41) is 0. The molecule has 18 heavy (non-hydrogen) atoms. The normalized spacial score (nSPS) is 15.2. The van der Waals surface area contributed by atoms with Gasteiger partial charge in [0.1, 0.15) is 0 Å². The molecule has 1 aliphatic rings. The van der Waals surface area contributed by atoms with Gasteiger partial charge >= 0.3 is 0 Å². The van der Waals surface area contributed by atoms with Crippen LogP contribution in [0, 0.1) is 0 Å². The second-order valence-electron chi connectivity index (χ2n) is 4.74. The Bertz CT molecular complexity index is 366. The van der Waals surface area contributed by atoms with Gasteiger partial charge in [0.15, 0.2) is 11.6 Å². The second kappa shape index (κ2) is 6.59. The monoisotopic (exact) mass is 249 g/mol. The Morgan fingerprint density at radius 1 is 1.50 bits per heavy atom. The number of anilines is 1. The van der Waals surface area contributed by atoms with Crippen molar-refractivity contribution < 1.29 is 4.74 Å². The molecule has 0 spiro atoms. The summed E-state index contributed by atoms with van der Waals surface area (Å²) in [6.07, 6.45) is 6.63. The number of pyridine rings is 1. The lowest BCUT2D eigenvalue weighted by molar-refractivity contribution is 0.312. The zero-order valence-corrected chi connectivity index (χ0v) is 11.1. The average molecular weight is 249 g/mol. The molecule has 0 amide bonds. The van der Waals surface area contributed by atoms with Crippen LogP contribution in [0.25, 0.3) is 0 Å². The first-order valence-corrected chi connectivity index (χ1v) is 6.91. The van der Waals surface area contributed by atoms with Crippen molar-refractivity contribution in [3.05, 3.63) is 18.3 Å². The first kappa shape index (κ1) is 13.1. The van der Waals surface area contributed by atoms with Crippen LogP contribution < -0.4 is 15.4 Å². The molecule has 2 N–H and O–H groups in total. The van der Waals surface area contributed by atoms with Crippen LogP contribution in [0.3, 0.4) is 0 Å². The maximum absolute atomic E-state index is 5.79. The molecule has 4 heteroatoms. The summed E-state index contributed by atoms with van der Waals surface area (Å²) in [5.41, 5.74) is 5.72. The van der Waals surface area contributed by atoms with E-state index in [2.05, 4.69) is 16.8 Å². The Morgan fingerprint density at radius 3 is 2.94 bits per heavy atom. The van der Waals surface area contributed by atoms with Crippen LogP contribution >= 0.6 is 0 Å². The van der Waals surface area contributed by atoms with Gasteiger partial charge in [-0.1, -0.05) is 6.92 Å². The maximum atomic E-state index is 5.79. The molecular weight excluding hydrogens is 226 g/mol. The first-order chi connectivity index (χ1) is 8.86. The van der Waals surface area contributed by atoms with Gasteiger partial charge in [-0.3, -0.25) is 0 Å². The van der Waals surface area contributed by atoms with Crippen molar-refractivity contribution in [1.82, 2.24) is 4.98 Å². The summed E-state index contributed by atoms with van der Waals surface area (Å²) in [7, 11) is 0. The Balaban J connectivity index is 2.16. The molecule has 0 bridgehead atoms. The van der Waals surface area contributed by atoms with Gasteiger partial charge in [-0.2, -0.15) is 0 Å². The lowest BCUT2D eigenvalue weighted by atomic mass is 9.91. The third-order valence-corrected chi connectivity index (χ3v) is 3.37. The van der Waals surface area contributed by atoms with Crippen molar-refractivity contribution in [2.75, 3.05) is 24.6 Å². The van der Waals surface area contributed by atoms with Crippen molar-refractivity contribution in [2.45, 2.75) is 38.6 Å². The number of nitrogens with zero attached hydrogens (tertiary/aromatic N) is 2. The summed E-state index contributed by atoms with van der Waals surface area (Å²) in [5.74, 6) is 1.85. The second-order valence-corrected chi connectivity index (χ2v) is 4.74. The maximum Gasteiger partial charge on any atom is 0.171 e. The summed E-state index contributed by atoms with van der Waals surface area (Å²) < 4.78 is 5.79. The van der Waals surface area contributed by atoms with Gasteiger partial charge in [0.2, 0.25) is 0 Å². The molecule has 1 fully saturated rings. The van der Waals surface area contributed by atoms with E-state index in [1.165, 1.54) is 19.3 Å². The molecule has 0 saturated heterocycles. The molecule has 1 aromatic heterocycles. The van der Waals surface area contributed by atoms with Crippen LogP contribution in [-0.2, 0) is 0 Å². The molecule has 2 rings (SSSR count). The number of nitrogens with two attached hydrogens (primary N) is 1. The first-order valence-electron chi connectivity index (χ1n) is 6.91. The molecule has 1 saturated carbocycles. The summed E-state index contributed by atoms with van der Waals surface area (Å²) in [4.78, 5) is 6.81. The molecule has 1 aromatic rings. The third-order valence-electron chi connectivity index (χ3n) is 3.37. The minimum Gasteiger partial charge on any atom is -0.490 e. The highest BCUT2D eigenvalue weighted by Gasteiger charge is 2.27. The van der Waals surface area contributed by atoms with Crippen LogP contribution in [0.1, 0.15) is 32.6 Å². The molecule has 100 valence electrons. The number of aromatic nitrogens is 1. The van der Waals surface area contributed by atoms with Gasteiger partial charge < -0.3 is 15.4 Å². The van der Waals surface area contributed by atoms with E-state index in [0.717, 1.165) is 31.1 Å². The standard InChI is InChI=1S/C14H23N3O/c1-2-11-18-13-7-4-9-16-14(13)17(10-8-15)12-5-3-6-12/h4,7,9,12H,2-3,5-6,8,10-11,15H2,1H3. The smallest absolute Gasteiger partial charge is 0.171 e. The molecule has 4 nitrogen and oxygen atoms in total. The van der Waals surface area contributed by atoms with Crippen molar-refractivity contribution in [2.24, 2.45) is 5.73 Å². The Morgan fingerprint density at radius 2 is 2.33 bits per heavy atom. The minimum absolute atomic E-state index is 0.590. The minimum atomic E-state index is 0.590. The largest absolute Gasteiger partial charge is 0.490 e. The lowest BCUT2D eigenvalue weighted by Gasteiger charge is -2.38. The van der Waals surface area contributed by atoms with Crippen LogP contribution in [0.2, 0.25) is 0 Å². The van der Waals surface area contributed by atoms with E-state index in [9.17, 15) is 0 Å². The van der Waals surface area contributed by atoms with Gasteiger partial charge in [0.25, 0.3) is 0 Å². The topological polar surface area (TPSA) is 51.4 Å². The van der Waals surface area contributed by atoms with E-state index in [4.69, 9.17) is 10.5 Å². The number of hydrogen-bond acceptors (Lipinski definition) is 4. The van der Waals surface area contributed by atoms with Crippen molar-refractivity contribution >= 4 is 5.82 Å². The van der Waals surface area contributed by atoms with Gasteiger partial charge in [-0.05, 0) is 37.8 Å². The Labute approximate surface area is 109 Å². The fourth-order valence-electron chi connectivity index (χ4n) is 2.22. The molecule has 0 atom stereocenters. The van der Waals surface area contributed by atoms with E-state index in [0.29, 0.717) is 12.6 Å². The molecule has 0 aliphatic heterocycles. The van der Waals surface area contributed by atoms with E-state index in [1.54, 1.807) is 0 Å². The molecular formula is C14H23N3O. The SMILES string of the molecule is CCCOc1cccnc1N(CCN)C1CCC1. The van der Waals surface area contributed by atoms with Crippen LogP contribution in [0.5, 0.6) is 5.75 Å². The summed E-state index contributed by atoms with van der Waals surface area (Å²) in [6.45, 7) is 4.35. The van der Waals surface area contributed by atoms with Gasteiger partial charge in [0, 0.05) is 25.3 Å². The van der Waals surface area contributed by atoms with Crippen LogP contribution in [0.15, 0.2) is 18.3 Å². The number of ether oxygens (including phenoxy) is 1. The molecule has 0 radical (unpaired) electrons. The molecule has 0 unspecified atom stereocenters. The molecule has 1 aliphatic carbocycles. The summed E-state index contributed by atoms with van der Waals surface area (Å²) in [6, 6.07) is 4.52. The van der Waals surface area contributed by atoms with E-state index in [1.807, 2.05) is 18.3 Å². The van der Waals surface area contributed by atoms with Crippen LogP contribution in [-0.4, -0.2) is 30.7 Å². The molecule has 0 aromatic carbocycles. The van der Waals surface area contributed by atoms with Crippen LogP contribution in [0.4, 0.5) is 5.82 Å². The zero-order valence-electron chi connectivity index (χ0n) is 11.1. The predicted molar refractivity (Wildman–Crippen MR) is 74.1 cm³/mol. The van der Waals surface area contributed by atoms with Gasteiger partial charge in [-0.15, -0.1) is 0 Å². The van der Waals surface area contributed by atoms with Gasteiger partial charge in [0.05, 0.1) is 6.61 Å². The third kappa shape index (κ3) is 2.93. The number of rotatable bonds is 7. The highest BCUT2D eigenvalue weighted by Crippen LogP contribution is 2.33. The fourth-order valence-corrected chi connectivity index (χ4v) is 2.22. The van der Waals surface area contributed by atoms with Gasteiger partial charge in [-0.25, -0.2) is 4.98 Å². The average Bonchev–Trinajstić information content (AvgIpc) is 2.34. The van der Waals surface area contributed by atoms with Crippen molar-refractivity contribution in [1.29, 1.82) is 0 Å². The fraction of sp³-hybridized carbons (Fsp3) is 0.643. The summed E-state index contributed by atoms with van der Waals surface area (Å²) >= 11 is 0. The Hall–Kier alpha value is -1.29. The Kier molecular flexibility index (Phi) is 4.81. The zero-order chi connectivity index (χ0) is 12.8. The van der Waals surface area contributed by atoms with E-state index >= 15 is 0 Å². The molecule has 1 heterocycles. The van der Waals surface area contributed by atoms with E-state index in [-0.39, 0.29) is 0 Å². The highest BCUT2D eigenvalue weighted by atomic mass is 16.5. The predicted octanol–water partition coefficient (Wildman–Crippen LogP) is 2.19. The van der Waals surface area contributed by atoms with E-state index < -0.39 is 0 Å². The lowest BCUT2D eigenvalue weighted by Crippen LogP contribution is -2.43. The quantitative estimate of drug-likeness (QED) is 0.804. The van der Waals surface area contributed by atoms with Crippen molar-refractivity contribution in [3.8, 4) is 5.75 Å². The number of hydrogen-bond donors (Lipinski definition) is 1. The van der Waals surface area contributed by atoms with Crippen molar-refractivity contribution in [3.63, 3.8) is 0 Å². The highest BCUT2D eigenvalue weighted by molar-refractivity contribution is 5.53.